The summed E-state index contributed by atoms with van der Waals surface area (Å²) in [5.74, 6) is 0.875. The van der Waals surface area contributed by atoms with Gasteiger partial charge in [-0.3, -0.25) is 0 Å². The Morgan fingerprint density at radius 3 is 2.62 bits per heavy atom. The first-order valence-corrected chi connectivity index (χ1v) is 8.92. The van der Waals surface area contributed by atoms with Crippen LogP contribution >= 0.6 is 23.2 Å². The summed E-state index contributed by atoms with van der Waals surface area (Å²) in [7, 11) is 0. The number of nitrogens with zero attached hydrogens (tertiary/aromatic N) is 5. The van der Waals surface area contributed by atoms with Crippen LogP contribution in [0.2, 0.25) is 10.0 Å². The molecule has 1 aliphatic heterocycles. The first-order chi connectivity index (χ1) is 12.6. The highest BCUT2D eigenvalue weighted by Gasteiger charge is 2.22. The second-order valence-electron chi connectivity index (χ2n) is 5.95. The number of hydrogen-bond acceptors (Lipinski definition) is 4. The second kappa shape index (κ2) is 7.01. The van der Waals surface area contributed by atoms with Crippen molar-refractivity contribution in [2.45, 2.75) is 0 Å². The summed E-state index contributed by atoms with van der Waals surface area (Å²) in [5, 5.41) is 8.27. The van der Waals surface area contributed by atoms with Crippen LogP contribution in [0.5, 0.6) is 0 Å². The summed E-state index contributed by atoms with van der Waals surface area (Å²) in [6.07, 6.45) is 3.54. The van der Waals surface area contributed by atoms with Gasteiger partial charge >= 0.3 is 6.03 Å². The number of carbonyl (C=O) groups is 1. The first-order valence-electron chi connectivity index (χ1n) is 8.16. The highest BCUT2D eigenvalue weighted by molar-refractivity contribution is 6.42. The van der Waals surface area contributed by atoms with Crippen LogP contribution in [-0.2, 0) is 0 Å². The minimum absolute atomic E-state index is 0.152. The van der Waals surface area contributed by atoms with Gasteiger partial charge in [-0.25, -0.2) is 14.3 Å². The standard InChI is InChI=1S/C17H16Cl2N6O/c18-13-2-1-12(11-14(13)19)21-17(26)24-9-7-23(8-10-24)16-4-3-15-20-5-6-25(15)22-16/h1-6,11H,7-10H2,(H,21,26). The summed E-state index contributed by atoms with van der Waals surface area (Å²) in [6, 6.07) is 8.77. The van der Waals surface area contributed by atoms with Crippen molar-refractivity contribution in [1.82, 2.24) is 19.5 Å². The molecule has 26 heavy (non-hydrogen) atoms. The van der Waals surface area contributed by atoms with Crippen LogP contribution in [-0.4, -0.2) is 51.7 Å². The number of benzene rings is 1. The van der Waals surface area contributed by atoms with Crippen molar-refractivity contribution < 1.29 is 4.79 Å². The molecule has 3 heterocycles. The molecular weight excluding hydrogens is 375 g/mol. The van der Waals surface area contributed by atoms with Gasteiger partial charge in [-0.05, 0) is 30.3 Å². The van der Waals surface area contributed by atoms with E-state index in [9.17, 15) is 4.79 Å². The number of halogens is 2. The molecule has 2 aromatic heterocycles. The molecule has 1 aliphatic rings. The molecule has 0 atom stereocenters. The molecule has 1 fully saturated rings. The van der Waals surface area contributed by atoms with E-state index in [1.165, 1.54) is 0 Å². The van der Waals surface area contributed by atoms with Crippen molar-refractivity contribution in [1.29, 1.82) is 0 Å². The lowest BCUT2D eigenvalue weighted by Crippen LogP contribution is -2.50. The van der Waals surface area contributed by atoms with Gasteiger partial charge in [-0.1, -0.05) is 23.2 Å². The van der Waals surface area contributed by atoms with Crippen LogP contribution in [0, 0.1) is 0 Å². The quantitative estimate of drug-likeness (QED) is 0.728. The predicted octanol–water partition coefficient (Wildman–Crippen LogP) is 3.39. The van der Waals surface area contributed by atoms with Crippen LogP contribution in [0.1, 0.15) is 0 Å². The highest BCUT2D eigenvalue weighted by atomic mass is 35.5. The van der Waals surface area contributed by atoms with E-state index in [0.717, 1.165) is 11.5 Å². The molecule has 1 saturated heterocycles. The zero-order valence-electron chi connectivity index (χ0n) is 13.8. The van der Waals surface area contributed by atoms with Crippen LogP contribution in [0.15, 0.2) is 42.7 Å². The van der Waals surface area contributed by atoms with Gasteiger partial charge in [0, 0.05) is 44.3 Å². The van der Waals surface area contributed by atoms with E-state index in [0.29, 0.717) is 41.9 Å². The van der Waals surface area contributed by atoms with E-state index in [-0.39, 0.29) is 6.03 Å². The molecule has 7 nitrogen and oxygen atoms in total. The lowest BCUT2D eigenvalue weighted by molar-refractivity contribution is 0.208. The fraction of sp³-hybridized carbons (Fsp3) is 0.235. The van der Waals surface area contributed by atoms with Crippen molar-refractivity contribution in [3.8, 4) is 0 Å². The number of fused-ring (bicyclic) bond motifs is 1. The largest absolute Gasteiger partial charge is 0.352 e. The van der Waals surface area contributed by atoms with Gasteiger partial charge in [-0.15, -0.1) is 5.10 Å². The molecule has 2 amide bonds. The second-order valence-corrected chi connectivity index (χ2v) is 6.77. The van der Waals surface area contributed by atoms with Gasteiger partial charge in [0.25, 0.3) is 0 Å². The Morgan fingerprint density at radius 1 is 1.04 bits per heavy atom. The van der Waals surface area contributed by atoms with E-state index >= 15 is 0 Å². The fourth-order valence-corrected chi connectivity index (χ4v) is 3.19. The van der Waals surface area contributed by atoms with E-state index in [1.807, 2.05) is 18.3 Å². The number of nitrogens with one attached hydrogen (secondary N) is 1. The van der Waals surface area contributed by atoms with Gasteiger partial charge in [0.1, 0.15) is 5.82 Å². The number of carbonyl (C=O) groups excluding carboxylic acids is 1. The topological polar surface area (TPSA) is 65.8 Å². The lowest BCUT2D eigenvalue weighted by atomic mass is 10.3. The van der Waals surface area contributed by atoms with Crippen molar-refractivity contribution in [2.24, 2.45) is 0 Å². The fourth-order valence-electron chi connectivity index (χ4n) is 2.89. The van der Waals surface area contributed by atoms with Crippen molar-refractivity contribution in [3.05, 3.63) is 52.8 Å². The smallest absolute Gasteiger partial charge is 0.321 e. The van der Waals surface area contributed by atoms with Crippen molar-refractivity contribution in [3.63, 3.8) is 0 Å². The Kier molecular flexibility index (Phi) is 4.57. The number of hydrogen-bond donors (Lipinski definition) is 1. The number of aromatic nitrogens is 3. The maximum Gasteiger partial charge on any atom is 0.321 e. The molecule has 4 rings (SSSR count). The Hall–Kier alpha value is -2.51. The Bertz CT molecular complexity index is 951. The molecule has 0 spiro atoms. The normalized spacial score (nSPS) is 14.7. The van der Waals surface area contributed by atoms with Crippen molar-refractivity contribution in [2.75, 3.05) is 36.4 Å². The average Bonchev–Trinajstić information content (AvgIpc) is 3.12. The average molecular weight is 391 g/mol. The third-order valence-corrected chi connectivity index (χ3v) is 5.04. The number of amides is 2. The number of anilines is 2. The number of urea groups is 1. The first kappa shape index (κ1) is 16.9. The van der Waals surface area contributed by atoms with E-state index in [1.54, 1.807) is 33.8 Å². The number of rotatable bonds is 2. The van der Waals surface area contributed by atoms with Crippen molar-refractivity contribution >= 4 is 46.4 Å². The summed E-state index contributed by atoms with van der Waals surface area (Å²) in [5.41, 5.74) is 1.44. The summed E-state index contributed by atoms with van der Waals surface area (Å²) in [4.78, 5) is 20.6. The molecule has 9 heteroatoms. The van der Waals surface area contributed by atoms with E-state index in [2.05, 4.69) is 20.3 Å². The molecule has 134 valence electrons. The minimum Gasteiger partial charge on any atom is -0.352 e. The minimum atomic E-state index is -0.152. The van der Waals surface area contributed by atoms with E-state index < -0.39 is 0 Å². The summed E-state index contributed by atoms with van der Waals surface area (Å²) < 4.78 is 1.75. The van der Waals surface area contributed by atoms with Crippen LogP contribution in [0.25, 0.3) is 5.65 Å². The maximum absolute atomic E-state index is 12.4. The Labute approximate surface area is 160 Å². The molecule has 0 radical (unpaired) electrons. The zero-order valence-corrected chi connectivity index (χ0v) is 15.3. The molecular formula is C17H16Cl2N6O. The van der Waals surface area contributed by atoms with Crippen LogP contribution in [0.3, 0.4) is 0 Å². The third kappa shape index (κ3) is 3.40. The summed E-state index contributed by atoms with van der Waals surface area (Å²) in [6.45, 7) is 2.64. The zero-order chi connectivity index (χ0) is 18.1. The number of imidazole rings is 1. The summed E-state index contributed by atoms with van der Waals surface area (Å²) >= 11 is 11.9. The van der Waals surface area contributed by atoms with Crippen LogP contribution in [0.4, 0.5) is 16.3 Å². The van der Waals surface area contributed by atoms with Gasteiger partial charge in [-0.2, -0.15) is 0 Å². The molecule has 1 aromatic carbocycles. The lowest BCUT2D eigenvalue weighted by Gasteiger charge is -2.35. The molecule has 0 aliphatic carbocycles. The van der Waals surface area contributed by atoms with Gasteiger partial charge in [0.15, 0.2) is 5.65 Å². The van der Waals surface area contributed by atoms with Gasteiger partial charge in [0.05, 0.1) is 10.0 Å². The van der Waals surface area contributed by atoms with Gasteiger partial charge in [0.2, 0.25) is 0 Å². The van der Waals surface area contributed by atoms with Gasteiger partial charge < -0.3 is 15.1 Å². The van der Waals surface area contributed by atoms with Crippen LogP contribution < -0.4 is 10.2 Å². The molecule has 0 unspecified atom stereocenters. The molecule has 1 N–H and O–H groups in total. The van der Waals surface area contributed by atoms with E-state index in [4.69, 9.17) is 23.2 Å². The SMILES string of the molecule is O=C(Nc1ccc(Cl)c(Cl)c1)N1CCN(c2ccc3nccn3n2)CC1. The monoisotopic (exact) mass is 390 g/mol. The highest BCUT2D eigenvalue weighted by Crippen LogP contribution is 2.25. The third-order valence-electron chi connectivity index (χ3n) is 4.30. The maximum atomic E-state index is 12.4. The molecule has 0 bridgehead atoms. The Morgan fingerprint density at radius 2 is 1.85 bits per heavy atom. The molecule has 3 aromatic rings. The number of piperazine rings is 1. The Balaban J connectivity index is 1.37. The molecule has 0 saturated carbocycles. The predicted molar refractivity (Wildman–Crippen MR) is 102 cm³/mol.